The summed E-state index contributed by atoms with van der Waals surface area (Å²) in [4.78, 5) is 4.46. The molecule has 0 atom stereocenters. The number of fused-ring (bicyclic) bond motifs is 1. The molecule has 0 saturated carbocycles. The fraction of sp³-hybridized carbons (Fsp3) is 0.133. The lowest BCUT2D eigenvalue weighted by molar-refractivity contribution is 0.961. The summed E-state index contributed by atoms with van der Waals surface area (Å²) in [5.74, 6) is 0.973. The Hall–Kier alpha value is -1.80. The Kier molecular flexibility index (Phi) is 2.80. The van der Waals surface area contributed by atoms with Gasteiger partial charge >= 0.3 is 0 Å². The first-order valence-electron chi connectivity index (χ1n) is 5.90. The minimum Gasteiger partial charge on any atom is -0.287 e. The number of aromatic nitrogens is 2. The lowest BCUT2D eigenvalue weighted by atomic mass is 10.1. The van der Waals surface area contributed by atoms with E-state index in [1.54, 1.807) is 0 Å². The Bertz CT molecular complexity index is 701. The molecule has 0 aliphatic heterocycles. The molecule has 0 fully saturated rings. The maximum Gasteiger partial charge on any atom is 0.118 e. The monoisotopic (exact) mass is 256 g/mol. The molecular weight excluding hydrogens is 244 g/mol. The van der Waals surface area contributed by atoms with Crippen LogP contribution in [0.15, 0.2) is 48.7 Å². The van der Waals surface area contributed by atoms with Gasteiger partial charge in [0, 0.05) is 6.42 Å². The standard InChI is InChI=1S/C15H13ClN2/c1-11-4-2-5-12(8-11)9-15-17-10-13-6-3-7-14(16)18(13)15/h2-8,10H,9H2,1H3. The summed E-state index contributed by atoms with van der Waals surface area (Å²) in [5, 5.41) is 0.702. The Morgan fingerprint density at radius 3 is 2.83 bits per heavy atom. The topological polar surface area (TPSA) is 17.3 Å². The Morgan fingerprint density at radius 2 is 2.00 bits per heavy atom. The summed E-state index contributed by atoms with van der Waals surface area (Å²) in [6.07, 6.45) is 2.65. The lowest BCUT2D eigenvalue weighted by Crippen LogP contribution is -1.97. The molecule has 0 radical (unpaired) electrons. The highest BCUT2D eigenvalue weighted by molar-refractivity contribution is 6.29. The third kappa shape index (κ3) is 2.00. The normalized spacial score (nSPS) is 11.0. The molecule has 90 valence electrons. The van der Waals surface area contributed by atoms with E-state index in [1.807, 2.05) is 28.8 Å². The molecule has 18 heavy (non-hydrogen) atoms. The molecular formula is C15H13ClN2. The molecule has 2 nitrogen and oxygen atoms in total. The number of hydrogen-bond donors (Lipinski definition) is 0. The van der Waals surface area contributed by atoms with Crippen LogP contribution < -0.4 is 0 Å². The van der Waals surface area contributed by atoms with Crippen LogP contribution >= 0.6 is 11.6 Å². The van der Waals surface area contributed by atoms with Crippen molar-refractivity contribution in [3.63, 3.8) is 0 Å². The van der Waals surface area contributed by atoms with Gasteiger partial charge in [-0.2, -0.15) is 0 Å². The second-order valence-electron chi connectivity index (χ2n) is 4.45. The molecule has 0 saturated heterocycles. The highest BCUT2D eigenvalue weighted by Crippen LogP contribution is 2.18. The molecule has 3 heteroatoms. The van der Waals surface area contributed by atoms with E-state index in [-0.39, 0.29) is 0 Å². The van der Waals surface area contributed by atoms with Gasteiger partial charge in [0.2, 0.25) is 0 Å². The molecule has 0 aliphatic rings. The molecule has 0 bridgehead atoms. The minimum absolute atomic E-state index is 0.702. The first-order chi connectivity index (χ1) is 8.74. The quantitative estimate of drug-likeness (QED) is 0.636. The van der Waals surface area contributed by atoms with Gasteiger partial charge in [0.1, 0.15) is 11.0 Å². The maximum absolute atomic E-state index is 6.22. The largest absolute Gasteiger partial charge is 0.287 e. The second-order valence-corrected chi connectivity index (χ2v) is 4.84. The van der Waals surface area contributed by atoms with Gasteiger partial charge in [-0.25, -0.2) is 4.98 Å². The smallest absolute Gasteiger partial charge is 0.118 e. The Balaban J connectivity index is 2.05. The van der Waals surface area contributed by atoms with Gasteiger partial charge in [-0.1, -0.05) is 47.5 Å². The van der Waals surface area contributed by atoms with Crippen molar-refractivity contribution in [3.8, 4) is 0 Å². The van der Waals surface area contributed by atoms with E-state index in [4.69, 9.17) is 11.6 Å². The van der Waals surface area contributed by atoms with Crippen molar-refractivity contribution < 1.29 is 0 Å². The van der Waals surface area contributed by atoms with Crippen LogP contribution in [0, 0.1) is 6.92 Å². The van der Waals surface area contributed by atoms with E-state index in [0.29, 0.717) is 5.15 Å². The SMILES string of the molecule is Cc1cccc(Cc2ncc3cccc(Cl)n23)c1. The van der Waals surface area contributed by atoms with E-state index in [9.17, 15) is 0 Å². The van der Waals surface area contributed by atoms with E-state index in [1.165, 1.54) is 11.1 Å². The van der Waals surface area contributed by atoms with Crippen LogP contribution in [-0.4, -0.2) is 9.38 Å². The van der Waals surface area contributed by atoms with Crippen LogP contribution in [0.3, 0.4) is 0 Å². The summed E-state index contributed by atoms with van der Waals surface area (Å²) in [7, 11) is 0. The molecule has 2 aromatic heterocycles. The predicted octanol–water partition coefficient (Wildman–Crippen LogP) is 3.89. The van der Waals surface area contributed by atoms with E-state index in [0.717, 1.165) is 17.8 Å². The maximum atomic E-state index is 6.22. The fourth-order valence-corrected chi connectivity index (χ4v) is 2.47. The first-order valence-corrected chi connectivity index (χ1v) is 6.28. The van der Waals surface area contributed by atoms with Crippen LogP contribution in [0.25, 0.3) is 5.52 Å². The van der Waals surface area contributed by atoms with Gasteiger partial charge in [-0.15, -0.1) is 0 Å². The van der Waals surface area contributed by atoms with Gasteiger partial charge < -0.3 is 0 Å². The van der Waals surface area contributed by atoms with Crippen molar-refractivity contribution >= 4 is 17.1 Å². The molecule has 1 aromatic carbocycles. The zero-order chi connectivity index (χ0) is 12.5. The van der Waals surface area contributed by atoms with Crippen molar-refractivity contribution in [3.05, 3.63) is 70.8 Å². The number of halogens is 1. The van der Waals surface area contributed by atoms with Crippen LogP contribution in [0.2, 0.25) is 5.15 Å². The Labute approximate surface area is 111 Å². The van der Waals surface area contributed by atoms with E-state index < -0.39 is 0 Å². The molecule has 0 spiro atoms. The van der Waals surface area contributed by atoms with Crippen molar-refractivity contribution in [2.45, 2.75) is 13.3 Å². The summed E-state index contributed by atoms with van der Waals surface area (Å²) in [6, 6.07) is 14.3. The third-order valence-electron chi connectivity index (χ3n) is 3.02. The molecule has 3 aromatic rings. The van der Waals surface area contributed by atoms with Crippen molar-refractivity contribution in [1.29, 1.82) is 0 Å². The highest BCUT2D eigenvalue weighted by Gasteiger charge is 2.07. The van der Waals surface area contributed by atoms with Gasteiger partial charge in [0.05, 0.1) is 11.7 Å². The fourth-order valence-electron chi connectivity index (χ4n) is 2.20. The van der Waals surface area contributed by atoms with Crippen molar-refractivity contribution in [2.75, 3.05) is 0 Å². The number of benzene rings is 1. The number of rotatable bonds is 2. The average Bonchev–Trinajstić information content (AvgIpc) is 2.74. The molecule has 0 unspecified atom stereocenters. The van der Waals surface area contributed by atoms with Crippen LogP contribution in [0.4, 0.5) is 0 Å². The van der Waals surface area contributed by atoms with Crippen LogP contribution in [-0.2, 0) is 6.42 Å². The first kappa shape index (κ1) is 11.3. The van der Waals surface area contributed by atoms with Crippen molar-refractivity contribution in [2.24, 2.45) is 0 Å². The van der Waals surface area contributed by atoms with Gasteiger partial charge in [-0.3, -0.25) is 4.40 Å². The number of hydrogen-bond acceptors (Lipinski definition) is 1. The summed E-state index contributed by atoms with van der Waals surface area (Å²) in [6.45, 7) is 2.10. The van der Waals surface area contributed by atoms with E-state index in [2.05, 4.69) is 36.2 Å². The van der Waals surface area contributed by atoms with Gasteiger partial charge in [-0.05, 0) is 24.6 Å². The van der Waals surface area contributed by atoms with Crippen LogP contribution in [0.1, 0.15) is 17.0 Å². The van der Waals surface area contributed by atoms with E-state index >= 15 is 0 Å². The molecule has 0 N–H and O–H groups in total. The minimum atomic E-state index is 0.702. The third-order valence-corrected chi connectivity index (χ3v) is 3.32. The zero-order valence-electron chi connectivity index (χ0n) is 10.1. The second kappa shape index (κ2) is 4.46. The highest BCUT2D eigenvalue weighted by atomic mass is 35.5. The number of pyridine rings is 1. The number of imidazole rings is 1. The summed E-state index contributed by atoms with van der Waals surface area (Å²) < 4.78 is 1.99. The molecule has 0 aliphatic carbocycles. The molecule has 3 rings (SSSR count). The molecule has 2 heterocycles. The van der Waals surface area contributed by atoms with Crippen molar-refractivity contribution in [1.82, 2.24) is 9.38 Å². The number of nitrogens with zero attached hydrogens (tertiary/aromatic N) is 2. The zero-order valence-corrected chi connectivity index (χ0v) is 10.9. The Morgan fingerprint density at radius 1 is 1.17 bits per heavy atom. The molecule has 0 amide bonds. The predicted molar refractivity (Wildman–Crippen MR) is 74.2 cm³/mol. The van der Waals surface area contributed by atoms with Gasteiger partial charge in [0.15, 0.2) is 0 Å². The lowest BCUT2D eigenvalue weighted by Gasteiger charge is -2.04. The summed E-state index contributed by atoms with van der Waals surface area (Å²) in [5.41, 5.74) is 3.55. The van der Waals surface area contributed by atoms with Gasteiger partial charge in [0.25, 0.3) is 0 Å². The number of aryl methyl sites for hydroxylation is 1. The summed E-state index contributed by atoms with van der Waals surface area (Å²) >= 11 is 6.22. The van der Waals surface area contributed by atoms with Crippen LogP contribution in [0.5, 0.6) is 0 Å². The average molecular weight is 257 g/mol.